The van der Waals surface area contributed by atoms with Crippen molar-refractivity contribution in [3.05, 3.63) is 11.6 Å². The van der Waals surface area contributed by atoms with Gasteiger partial charge in [0.25, 0.3) is 0 Å². The molecule has 5 aliphatic rings. The standard InChI is InChI=1S/C23H34O4/c1-13(24)23-20(27-23)12-19-17-6-5-15-11-16(26-14(2)25)7-9-21(15,3)18(17)8-10-22(19,23)4/h5,13,16-20,24H,6-12H2,1-4H3/t13-,16-,17+,18-,19-,20+,21-,22-,23+/m0/s1. The van der Waals surface area contributed by atoms with Crippen molar-refractivity contribution < 1.29 is 19.4 Å². The van der Waals surface area contributed by atoms with E-state index < -0.39 is 0 Å². The molecule has 150 valence electrons. The Morgan fingerprint density at radius 3 is 2.78 bits per heavy atom. The minimum absolute atomic E-state index is 0.0678. The van der Waals surface area contributed by atoms with Crippen LogP contribution in [0, 0.1) is 28.6 Å². The third-order valence-electron chi connectivity index (χ3n) is 9.52. The number of epoxide rings is 1. The first-order valence-corrected chi connectivity index (χ1v) is 10.9. The molecule has 1 N–H and O–H groups in total. The number of aliphatic hydroxyl groups excluding tert-OH is 1. The topological polar surface area (TPSA) is 59.1 Å². The molecule has 1 aliphatic heterocycles. The average Bonchev–Trinajstić information content (AvgIpc) is 3.27. The first-order valence-electron chi connectivity index (χ1n) is 10.9. The molecule has 4 heteroatoms. The van der Waals surface area contributed by atoms with E-state index in [1.54, 1.807) is 0 Å². The first kappa shape index (κ1) is 18.2. The summed E-state index contributed by atoms with van der Waals surface area (Å²) in [4.78, 5) is 11.4. The maximum absolute atomic E-state index is 11.4. The van der Waals surface area contributed by atoms with Crippen LogP contribution in [-0.4, -0.2) is 35.0 Å². The molecule has 1 saturated heterocycles. The van der Waals surface area contributed by atoms with Crippen molar-refractivity contribution in [1.29, 1.82) is 0 Å². The quantitative estimate of drug-likeness (QED) is 0.451. The minimum Gasteiger partial charge on any atom is -0.462 e. The summed E-state index contributed by atoms with van der Waals surface area (Å²) in [5, 5.41) is 10.5. The summed E-state index contributed by atoms with van der Waals surface area (Å²) in [6, 6.07) is 0. The Bertz CT molecular complexity index is 698. The van der Waals surface area contributed by atoms with Crippen LogP contribution in [0.5, 0.6) is 0 Å². The summed E-state index contributed by atoms with van der Waals surface area (Å²) >= 11 is 0. The van der Waals surface area contributed by atoms with E-state index in [2.05, 4.69) is 19.9 Å². The van der Waals surface area contributed by atoms with E-state index in [1.165, 1.54) is 18.9 Å². The second-order valence-electron chi connectivity index (χ2n) is 10.5. The fourth-order valence-electron chi connectivity index (χ4n) is 8.21. The number of esters is 1. The first-order chi connectivity index (χ1) is 12.7. The molecule has 0 spiro atoms. The van der Waals surface area contributed by atoms with Gasteiger partial charge in [0.1, 0.15) is 11.7 Å². The van der Waals surface area contributed by atoms with Crippen molar-refractivity contribution in [1.82, 2.24) is 0 Å². The third kappa shape index (κ3) is 2.20. The number of carbonyl (C=O) groups excluding carboxylic acids is 1. The van der Waals surface area contributed by atoms with E-state index in [0.29, 0.717) is 11.8 Å². The lowest BCUT2D eigenvalue weighted by Crippen LogP contribution is -2.55. The molecule has 0 aromatic heterocycles. The third-order valence-corrected chi connectivity index (χ3v) is 9.52. The van der Waals surface area contributed by atoms with Crippen molar-refractivity contribution >= 4 is 5.97 Å². The van der Waals surface area contributed by atoms with Crippen LogP contribution in [-0.2, 0) is 14.3 Å². The van der Waals surface area contributed by atoms with Crippen molar-refractivity contribution in [2.45, 2.75) is 96.6 Å². The van der Waals surface area contributed by atoms with Gasteiger partial charge in [-0.1, -0.05) is 25.5 Å². The van der Waals surface area contributed by atoms with Gasteiger partial charge in [-0.05, 0) is 68.6 Å². The maximum atomic E-state index is 11.4. The molecule has 4 fully saturated rings. The van der Waals surface area contributed by atoms with E-state index in [-0.39, 0.29) is 40.7 Å². The molecule has 0 aromatic rings. The lowest BCUT2D eigenvalue weighted by Gasteiger charge is -2.58. The van der Waals surface area contributed by atoms with Gasteiger partial charge in [-0.25, -0.2) is 0 Å². The highest BCUT2D eigenvalue weighted by Crippen LogP contribution is 2.73. The molecule has 9 atom stereocenters. The summed E-state index contributed by atoms with van der Waals surface area (Å²) in [7, 11) is 0. The van der Waals surface area contributed by atoms with Crippen molar-refractivity contribution in [2.75, 3.05) is 0 Å². The second-order valence-corrected chi connectivity index (χ2v) is 10.5. The molecule has 3 saturated carbocycles. The molecule has 0 bridgehead atoms. The number of fused-ring (bicyclic) bond motifs is 7. The fraction of sp³-hybridized carbons (Fsp3) is 0.870. The van der Waals surface area contributed by atoms with E-state index in [4.69, 9.17) is 9.47 Å². The molecule has 4 nitrogen and oxygen atoms in total. The monoisotopic (exact) mass is 374 g/mol. The zero-order valence-corrected chi connectivity index (χ0v) is 17.2. The summed E-state index contributed by atoms with van der Waals surface area (Å²) in [5.41, 5.74) is 1.63. The number of allylic oxidation sites excluding steroid dienone is 1. The van der Waals surface area contributed by atoms with Crippen molar-refractivity contribution in [2.24, 2.45) is 28.6 Å². The maximum Gasteiger partial charge on any atom is 0.302 e. The van der Waals surface area contributed by atoms with E-state index in [9.17, 15) is 9.90 Å². The highest BCUT2D eigenvalue weighted by atomic mass is 16.6. The number of hydrogen-bond donors (Lipinski definition) is 1. The lowest BCUT2D eigenvalue weighted by atomic mass is 9.47. The fourth-order valence-corrected chi connectivity index (χ4v) is 8.21. The second kappa shape index (κ2) is 5.60. The van der Waals surface area contributed by atoms with E-state index in [0.717, 1.165) is 44.4 Å². The van der Waals surface area contributed by atoms with Gasteiger partial charge >= 0.3 is 5.97 Å². The van der Waals surface area contributed by atoms with Gasteiger partial charge in [-0.15, -0.1) is 0 Å². The number of rotatable bonds is 2. The zero-order valence-electron chi connectivity index (χ0n) is 17.2. The van der Waals surface area contributed by atoms with Gasteiger partial charge < -0.3 is 14.6 Å². The predicted molar refractivity (Wildman–Crippen MR) is 102 cm³/mol. The molecule has 0 aromatic carbocycles. The lowest BCUT2D eigenvalue weighted by molar-refractivity contribution is -0.149. The summed E-state index contributed by atoms with van der Waals surface area (Å²) in [5.74, 6) is 1.93. The Morgan fingerprint density at radius 1 is 1.30 bits per heavy atom. The molecule has 4 aliphatic carbocycles. The van der Waals surface area contributed by atoms with Crippen LogP contribution in [0.3, 0.4) is 0 Å². The van der Waals surface area contributed by atoms with Crippen LogP contribution in [0.1, 0.15) is 72.6 Å². The zero-order chi connectivity index (χ0) is 19.2. The number of hydrogen-bond acceptors (Lipinski definition) is 4. The van der Waals surface area contributed by atoms with E-state index >= 15 is 0 Å². The molecule has 27 heavy (non-hydrogen) atoms. The van der Waals surface area contributed by atoms with Crippen LogP contribution in [0.15, 0.2) is 11.6 Å². The van der Waals surface area contributed by atoms with Gasteiger partial charge in [0.2, 0.25) is 0 Å². The normalized spacial score (nSPS) is 54.0. The number of carbonyl (C=O) groups is 1. The smallest absolute Gasteiger partial charge is 0.302 e. The highest BCUT2D eigenvalue weighted by Gasteiger charge is 2.78. The van der Waals surface area contributed by atoms with E-state index in [1.807, 2.05) is 6.92 Å². The predicted octanol–water partition coefficient (Wildman–Crippen LogP) is 4.01. The Hall–Kier alpha value is -0.870. The molecule has 5 rings (SSSR count). The molecule has 0 amide bonds. The van der Waals surface area contributed by atoms with Crippen LogP contribution >= 0.6 is 0 Å². The van der Waals surface area contributed by atoms with Crippen molar-refractivity contribution in [3.63, 3.8) is 0 Å². The minimum atomic E-state index is -0.376. The summed E-state index contributed by atoms with van der Waals surface area (Å²) < 4.78 is 11.7. The Kier molecular flexibility index (Phi) is 3.77. The number of aliphatic hydroxyl groups is 1. The average molecular weight is 375 g/mol. The van der Waals surface area contributed by atoms with Crippen LogP contribution in [0.4, 0.5) is 0 Å². The van der Waals surface area contributed by atoms with Gasteiger partial charge in [-0.3, -0.25) is 4.79 Å². The van der Waals surface area contributed by atoms with Crippen LogP contribution in [0.25, 0.3) is 0 Å². The van der Waals surface area contributed by atoms with Gasteiger partial charge in [0.15, 0.2) is 0 Å². The molecule has 0 radical (unpaired) electrons. The Morgan fingerprint density at radius 2 is 2.07 bits per heavy atom. The molecular weight excluding hydrogens is 340 g/mol. The van der Waals surface area contributed by atoms with Crippen LogP contribution in [0.2, 0.25) is 0 Å². The SMILES string of the molecule is CC(=O)O[C@H]1CC[C@@]2(C)C(=CC[C@@H]3[C@@H]2CC[C@@]2(C)[C@H]3C[C@H]3O[C@]32[C@H](C)O)C1. The van der Waals surface area contributed by atoms with Crippen molar-refractivity contribution in [3.8, 4) is 0 Å². The van der Waals surface area contributed by atoms with Gasteiger partial charge in [0.05, 0.1) is 12.2 Å². The Labute approximate surface area is 162 Å². The molecular formula is C23H34O4. The largest absolute Gasteiger partial charge is 0.462 e. The molecule has 0 unspecified atom stereocenters. The number of ether oxygens (including phenoxy) is 2. The van der Waals surface area contributed by atoms with Gasteiger partial charge in [0, 0.05) is 18.8 Å². The summed E-state index contributed by atoms with van der Waals surface area (Å²) in [6.45, 7) is 8.31. The van der Waals surface area contributed by atoms with Crippen LogP contribution < -0.4 is 0 Å². The highest BCUT2D eigenvalue weighted by molar-refractivity contribution is 5.66. The molecule has 1 heterocycles. The summed E-state index contributed by atoms with van der Waals surface area (Å²) in [6.07, 6.45) is 10.1. The van der Waals surface area contributed by atoms with Gasteiger partial charge in [-0.2, -0.15) is 0 Å². The Balaban J connectivity index is 1.42.